The standard InChI is InChI=1S/C17H20ClN3O2/c1-12(2)11-16(22)19-9-10-21-17(23)8-7-15(20-21)13-3-5-14(18)6-4-13/h3-8,12H,9-11H2,1-2H3,(H,19,22). The van der Waals surface area contributed by atoms with E-state index in [1.807, 2.05) is 26.0 Å². The molecule has 2 aromatic rings. The molecule has 0 aliphatic carbocycles. The van der Waals surface area contributed by atoms with E-state index >= 15 is 0 Å². The van der Waals surface area contributed by atoms with Crippen LogP contribution in [0.4, 0.5) is 0 Å². The quantitative estimate of drug-likeness (QED) is 0.884. The van der Waals surface area contributed by atoms with Gasteiger partial charge in [0.15, 0.2) is 0 Å². The lowest BCUT2D eigenvalue weighted by molar-refractivity contribution is -0.121. The van der Waals surface area contributed by atoms with Crippen LogP contribution in [-0.2, 0) is 11.3 Å². The third-order valence-electron chi connectivity index (χ3n) is 3.25. The zero-order valence-corrected chi connectivity index (χ0v) is 14.0. The summed E-state index contributed by atoms with van der Waals surface area (Å²) in [6.45, 7) is 4.69. The predicted molar refractivity (Wildman–Crippen MR) is 91.4 cm³/mol. The Kier molecular flexibility index (Phi) is 5.93. The Labute approximate surface area is 140 Å². The topological polar surface area (TPSA) is 64.0 Å². The smallest absolute Gasteiger partial charge is 0.266 e. The van der Waals surface area contributed by atoms with E-state index in [1.54, 1.807) is 18.2 Å². The van der Waals surface area contributed by atoms with Crippen LogP contribution in [0.5, 0.6) is 0 Å². The summed E-state index contributed by atoms with van der Waals surface area (Å²) in [7, 11) is 0. The van der Waals surface area contributed by atoms with Crippen LogP contribution in [0.2, 0.25) is 5.02 Å². The van der Waals surface area contributed by atoms with E-state index in [4.69, 9.17) is 11.6 Å². The Morgan fingerprint density at radius 1 is 1.22 bits per heavy atom. The number of amides is 1. The third-order valence-corrected chi connectivity index (χ3v) is 3.50. The van der Waals surface area contributed by atoms with Crippen molar-refractivity contribution in [1.29, 1.82) is 0 Å². The predicted octanol–water partition coefficient (Wildman–Crippen LogP) is 2.73. The average Bonchev–Trinajstić information content (AvgIpc) is 2.49. The van der Waals surface area contributed by atoms with E-state index in [0.29, 0.717) is 36.1 Å². The van der Waals surface area contributed by atoms with E-state index in [9.17, 15) is 9.59 Å². The normalized spacial score (nSPS) is 10.8. The lowest BCUT2D eigenvalue weighted by Crippen LogP contribution is -2.32. The van der Waals surface area contributed by atoms with Gasteiger partial charge in [-0.25, -0.2) is 4.68 Å². The largest absolute Gasteiger partial charge is 0.354 e. The van der Waals surface area contributed by atoms with Gasteiger partial charge in [0.1, 0.15) is 0 Å². The Bertz CT molecular complexity index is 723. The highest BCUT2D eigenvalue weighted by molar-refractivity contribution is 6.30. The zero-order valence-electron chi connectivity index (χ0n) is 13.3. The molecule has 1 amide bonds. The molecule has 1 N–H and O–H groups in total. The van der Waals surface area contributed by atoms with Crippen LogP contribution in [0.25, 0.3) is 11.3 Å². The fraction of sp³-hybridized carbons (Fsp3) is 0.353. The molecule has 2 rings (SSSR count). The van der Waals surface area contributed by atoms with Gasteiger partial charge >= 0.3 is 0 Å². The zero-order chi connectivity index (χ0) is 16.8. The van der Waals surface area contributed by atoms with Crippen molar-refractivity contribution in [3.63, 3.8) is 0 Å². The van der Waals surface area contributed by atoms with Gasteiger partial charge in [-0.2, -0.15) is 5.10 Å². The van der Waals surface area contributed by atoms with Crippen molar-refractivity contribution in [2.45, 2.75) is 26.8 Å². The third kappa shape index (κ3) is 5.21. The van der Waals surface area contributed by atoms with Gasteiger partial charge in [0.05, 0.1) is 12.2 Å². The van der Waals surface area contributed by atoms with Gasteiger partial charge < -0.3 is 5.32 Å². The number of hydrogen-bond donors (Lipinski definition) is 1. The van der Waals surface area contributed by atoms with Crippen LogP contribution in [0.15, 0.2) is 41.2 Å². The van der Waals surface area contributed by atoms with Crippen molar-refractivity contribution in [2.24, 2.45) is 5.92 Å². The van der Waals surface area contributed by atoms with Crippen LogP contribution >= 0.6 is 11.6 Å². The Hall–Kier alpha value is -2.14. The molecule has 0 atom stereocenters. The Morgan fingerprint density at radius 2 is 1.91 bits per heavy atom. The number of hydrogen-bond acceptors (Lipinski definition) is 3. The van der Waals surface area contributed by atoms with E-state index in [0.717, 1.165) is 5.56 Å². The number of nitrogens with zero attached hydrogens (tertiary/aromatic N) is 2. The second kappa shape index (κ2) is 7.92. The molecule has 0 fully saturated rings. The van der Waals surface area contributed by atoms with Crippen molar-refractivity contribution in [1.82, 2.24) is 15.1 Å². The number of aromatic nitrogens is 2. The summed E-state index contributed by atoms with van der Waals surface area (Å²) in [5, 5.41) is 7.79. The minimum atomic E-state index is -0.194. The van der Waals surface area contributed by atoms with Crippen LogP contribution in [-0.4, -0.2) is 22.2 Å². The highest BCUT2D eigenvalue weighted by Crippen LogP contribution is 2.18. The van der Waals surface area contributed by atoms with Gasteiger partial charge in [0, 0.05) is 29.6 Å². The molecule has 5 nitrogen and oxygen atoms in total. The molecular formula is C17H20ClN3O2. The molecule has 122 valence electrons. The van der Waals surface area contributed by atoms with E-state index in [1.165, 1.54) is 10.7 Å². The second-order valence-electron chi connectivity index (χ2n) is 5.73. The van der Waals surface area contributed by atoms with Gasteiger partial charge in [-0.1, -0.05) is 37.6 Å². The number of rotatable bonds is 6. The maximum Gasteiger partial charge on any atom is 0.266 e. The molecular weight excluding hydrogens is 314 g/mol. The van der Waals surface area contributed by atoms with E-state index in [2.05, 4.69) is 10.4 Å². The molecule has 1 aromatic heterocycles. The lowest BCUT2D eigenvalue weighted by atomic mass is 10.1. The van der Waals surface area contributed by atoms with Crippen LogP contribution in [0, 0.1) is 5.92 Å². The Morgan fingerprint density at radius 3 is 2.57 bits per heavy atom. The summed E-state index contributed by atoms with van der Waals surface area (Å²) in [4.78, 5) is 23.5. The average molecular weight is 334 g/mol. The number of carbonyl (C=O) groups is 1. The molecule has 0 aliphatic rings. The molecule has 0 saturated carbocycles. The summed E-state index contributed by atoms with van der Waals surface area (Å²) in [5.41, 5.74) is 1.38. The van der Waals surface area contributed by atoms with E-state index in [-0.39, 0.29) is 11.5 Å². The summed E-state index contributed by atoms with van der Waals surface area (Å²) in [5.74, 6) is 0.297. The summed E-state index contributed by atoms with van der Waals surface area (Å²) < 4.78 is 1.36. The first-order valence-electron chi connectivity index (χ1n) is 7.56. The van der Waals surface area contributed by atoms with Crippen molar-refractivity contribution >= 4 is 17.5 Å². The maximum absolute atomic E-state index is 11.9. The number of carbonyl (C=O) groups excluding carboxylic acids is 1. The van der Waals surface area contributed by atoms with Gasteiger partial charge in [0.2, 0.25) is 5.91 Å². The molecule has 0 spiro atoms. The van der Waals surface area contributed by atoms with Crippen LogP contribution in [0.3, 0.4) is 0 Å². The molecule has 0 bridgehead atoms. The van der Waals surface area contributed by atoms with Crippen molar-refractivity contribution in [3.05, 3.63) is 51.8 Å². The summed E-state index contributed by atoms with van der Waals surface area (Å²) >= 11 is 5.87. The molecule has 0 saturated heterocycles. The first-order chi connectivity index (χ1) is 11.0. The number of halogens is 1. The molecule has 1 aromatic carbocycles. The summed E-state index contributed by atoms with van der Waals surface area (Å²) in [6, 6.07) is 10.4. The van der Waals surface area contributed by atoms with Crippen molar-refractivity contribution < 1.29 is 4.79 Å². The minimum Gasteiger partial charge on any atom is -0.354 e. The minimum absolute atomic E-state index is 0.0121. The monoisotopic (exact) mass is 333 g/mol. The van der Waals surface area contributed by atoms with Gasteiger partial charge in [-0.3, -0.25) is 9.59 Å². The Balaban J connectivity index is 2.05. The fourth-order valence-corrected chi connectivity index (χ4v) is 2.25. The van der Waals surface area contributed by atoms with Crippen molar-refractivity contribution in [3.8, 4) is 11.3 Å². The highest BCUT2D eigenvalue weighted by Gasteiger charge is 2.06. The SMILES string of the molecule is CC(C)CC(=O)NCCn1nc(-c2ccc(Cl)cc2)ccc1=O. The molecule has 1 heterocycles. The van der Waals surface area contributed by atoms with Crippen molar-refractivity contribution in [2.75, 3.05) is 6.54 Å². The first kappa shape index (κ1) is 17.2. The lowest BCUT2D eigenvalue weighted by Gasteiger charge is -2.09. The molecule has 0 aliphatic heterocycles. The molecule has 0 unspecified atom stereocenters. The highest BCUT2D eigenvalue weighted by atomic mass is 35.5. The van der Waals surface area contributed by atoms with E-state index < -0.39 is 0 Å². The maximum atomic E-state index is 11.9. The molecule has 23 heavy (non-hydrogen) atoms. The summed E-state index contributed by atoms with van der Waals surface area (Å²) in [6.07, 6.45) is 0.479. The number of nitrogens with one attached hydrogen (secondary N) is 1. The molecule has 0 radical (unpaired) electrons. The first-order valence-corrected chi connectivity index (χ1v) is 7.94. The van der Waals surface area contributed by atoms with Crippen LogP contribution in [0.1, 0.15) is 20.3 Å². The molecule has 6 heteroatoms. The van der Waals surface area contributed by atoms with Gasteiger partial charge in [-0.15, -0.1) is 0 Å². The van der Waals surface area contributed by atoms with Gasteiger partial charge in [-0.05, 0) is 24.1 Å². The fourth-order valence-electron chi connectivity index (χ4n) is 2.13. The van der Waals surface area contributed by atoms with Gasteiger partial charge in [0.25, 0.3) is 5.56 Å². The number of benzene rings is 1. The second-order valence-corrected chi connectivity index (χ2v) is 6.17. The van der Waals surface area contributed by atoms with Crippen LogP contribution < -0.4 is 10.9 Å².